The molecule has 1 aliphatic rings. The van der Waals surface area contributed by atoms with E-state index >= 15 is 0 Å². The third-order valence-electron chi connectivity index (χ3n) is 3.67. The van der Waals surface area contributed by atoms with Crippen LogP contribution in [-0.2, 0) is 4.79 Å². The second kappa shape index (κ2) is 5.36. The lowest BCUT2D eigenvalue weighted by atomic mass is 10.1. The van der Waals surface area contributed by atoms with Crippen molar-refractivity contribution < 1.29 is 4.79 Å². The lowest BCUT2D eigenvalue weighted by Crippen LogP contribution is -2.46. The Hall–Kier alpha value is -1.94. The number of benzene rings is 1. The highest BCUT2D eigenvalue weighted by Gasteiger charge is 2.18. The fraction of sp³-hybridized carbons (Fsp3) is 0.333. The molecule has 0 unspecified atom stereocenters. The Kier molecular flexibility index (Phi) is 3.42. The number of hydrogen-bond acceptors (Lipinski definition) is 4. The summed E-state index contributed by atoms with van der Waals surface area (Å²) in [6, 6.07) is 10.4. The number of aromatic nitrogens is 1. The van der Waals surface area contributed by atoms with E-state index in [4.69, 9.17) is 0 Å². The van der Waals surface area contributed by atoms with Crippen molar-refractivity contribution in [1.82, 2.24) is 9.88 Å². The first-order chi connectivity index (χ1) is 9.38. The van der Waals surface area contributed by atoms with Gasteiger partial charge in [-0.3, -0.25) is 9.88 Å². The molecule has 1 saturated heterocycles. The van der Waals surface area contributed by atoms with Gasteiger partial charge in [-0.2, -0.15) is 0 Å². The molecule has 0 radical (unpaired) electrons. The molecule has 4 heteroatoms. The van der Waals surface area contributed by atoms with Crippen LogP contribution < -0.4 is 4.90 Å². The molecule has 0 N–H and O–H groups in total. The maximum absolute atomic E-state index is 10.5. The molecular weight excluding hydrogens is 238 g/mol. The lowest BCUT2D eigenvalue weighted by Gasteiger charge is -2.35. The second-order valence-corrected chi connectivity index (χ2v) is 4.80. The number of carbonyl (C=O) groups is 1. The van der Waals surface area contributed by atoms with E-state index in [0.29, 0.717) is 6.54 Å². The summed E-state index contributed by atoms with van der Waals surface area (Å²) in [5.41, 5.74) is 2.28. The van der Waals surface area contributed by atoms with E-state index in [0.717, 1.165) is 38.0 Å². The number of carbonyl (C=O) groups excluding carboxylic acids is 1. The van der Waals surface area contributed by atoms with Crippen LogP contribution in [0.2, 0.25) is 0 Å². The van der Waals surface area contributed by atoms with E-state index in [9.17, 15) is 4.79 Å². The molecule has 0 amide bonds. The van der Waals surface area contributed by atoms with Crippen molar-refractivity contribution in [2.45, 2.75) is 0 Å². The van der Waals surface area contributed by atoms with E-state index in [1.807, 2.05) is 18.3 Å². The van der Waals surface area contributed by atoms with E-state index in [1.165, 1.54) is 11.1 Å². The number of aldehydes is 1. The number of piperazine rings is 1. The Morgan fingerprint density at radius 2 is 1.95 bits per heavy atom. The maximum Gasteiger partial charge on any atom is 0.133 e. The quantitative estimate of drug-likeness (QED) is 0.780. The predicted octanol–water partition coefficient (Wildman–Crippen LogP) is 1.56. The Balaban J connectivity index is 1.84. The van der Waals surface area contributed by atoms with Gasteiger partial charge in [0.2, 0.25) is 0 Å². The molecule has 0 spiro atoms. The van der Waals surface area contributed by atoms with Crippen molar-refractivity contribution in [2.75, 3.05) is 37.6 Å². The number of pyridine rings is 1. The van der Waals surface area contributed by atoms with Gasteiger partial charge in [-0.1, -0.05) is 6.07 Å². The van der Waals surface area contributed by atoms with Crippen molar-refractivity contribution in [3.63, 3.8) is 0 Å². The molecule has 4 nitrogen and oxygen atoms in total. The van der Waals surface area contributed by atoms with E-state index in [1.54, 1.807) is 0 Å². The smallest absolute Gasteiger partial charge is 0.133 e. The fourth-order valence-corrected chi connectivity index (χ4v) is 2.64. The zero-order chi connectivity index (χ0) is 13.1. The van der Waals surface area contributed by atoms with E-state index in [2.05, 4.69) is 33.0 Å². The summed E-state index contributed by atoms with van der Waals surface area (Å²) >= 11 is 0. The summed E-state index contributed by atoms with van der Waals surface area (Å²) in [6.07, 6.45) is 2.81. The predicted molar refractivity (Wildman–Crippen MR) is 76.5 cm³/mol. The maximum atomic E-state index is 10.5. The van der Waals surface area contributed by atoms with Crippen LogP contribution in [-0.4, -0.2) is 48.9 Å². The number of nitrogens with zero attached hydrogens (tertiary/aromatic N) is 3. The van der Waals surface area contributed by atoms with Crippen LogP contribution in [0, 0.1) is 0 Å². The standard InChI is InChI=1S/C15H17N3O/c19-12-11-17-7-9-18(10-8-17)15-5-1-4-14-13(15)3-2-6-16-14/h1-6,12H,7-11H2. The molecule has 1 aromatic heterocycles. The molecule has 0 saturated carbocycles. The summed E-state index contributed by atoms with van der Waals surface area (Å²) in [5.74, 6) is 0. The minimum Gasteiger partial charge on any atom is -0.368 e. The van der Waals surface area contributed by atoms with E-state index in [-0.39, 0.29) is 0 Å². The average molecular weight is 255 g/mol. The van der Waals surface area contributed by atoms with Gasteiger partial charge >= 0.3 is 0 Å². The van der Waals surface area contributed by atoms with E-state index < -0.39 is 0 Å². The number of rotatable bonds is 3. The van der Waals surface area contributed by atoms with Crippen LogP contribution in [0.3, 0.4) is 0 Å². The highest BCUT2D eigenvalue weighted by Crippen LogP contribution is 2.26. The van der Waals surface area contributed by atoms with Crippen LogP contribution in [0.15, 0.2) is 36.5 Å². The highest BCUT2D eigenvalue weighted by atomic mass is 16.1. The van der Waals surface area contributed by atoms with Gasteiger partial charge in [0.1, 0.15) is 6.29 Å². The molecule has 2 heterocycles. The van der Waals surface area contributed by atoms with Gasteiger partial charge < -0.3 is 9.69 Å². The van der Waals surface area contributed by atoms with Gasteiger partial charge in [-0.05, 0) is 24.3 Å². The minimum atomic E-state index is 0.547. The zero-order valence-electron chi connectivity index (χ0n) is 10.8. The first kappa shape index (κ1) is 12.1. The average Bonchev–Trinajstić information content (AvgIpc) is 2.48. The lowest BCUT2D eigenvalue weighted by molar-refractivity contribution is -0.108. The number of hydrogen-bond donors (Lipinski definition) is 0. The second-order valence-electron chi connectivity index (χ2n) is 4.80. The summed E-state index contributed by atoms with van der Waals surface area (Å²) in [7, 11) is 0. The summed E-state index contributed by atoms with van der Waals surface area (Å²) < 4.78 is 0. The molecule has 98 valence electrons. The molecule has 1 aromatic carbocycles. The fourth-order valence-electron chi connectivity index (χ4n) is 2.64. The largest absolute Gasteiger partial charge is 0.368 e. The molecule has 19 heavy (non-hydrogen) atoms. The normalized spacial score (nSPS) is 16.7. The highest BCUT2D eigenvalue weighted by molar-refractivity contribution is 5.91. The molecular formula is C15H17N3O. The van der Waals surface area contributed by atoms with Gasteiger partial charge in [-0.25, -0.2) is 0 Å². The SMILES string of the molecule is O=CCN1CCN(c2cccc3ncccc23)CC1. The van der Waals surface area contributed by atoms with Gasteiger partial charge in [-0.15, -0.1) is 0 Å². The van der Waals surface area contributed by atoms with Crippen molar-refractivity contribution >= 4 is 22.9 Å². The van der Waals surface area contributed by atoms with Gasteiger partial charge in [0.05, 0.1) is 12.1 Å². The third kappa shape index (κ3) is 2.44. The van der Waals surface area contributed by atoms with Crippen LogP contribution in [0.5, 0.6) is 0 Å². The Morgan fingerprint density at radius 1 is 1.11 bits per heavy atom. The van der Waals surface area contributed by atoms with Crippen molar-refractivity contribution in [1.29, 1.82) is 0 Å². The van der Waals surface area contributed by atoms with Crippen LogP contribution in [0.4, 0.5) is 5.69 Å². The first-order valence-electron chi connectivity index (χ1n) is 6.63. The number of fused-ring (bicyclic) bond motifs is 1. The van der Waals surface area contributed by atoms with Crippen molar-refractivity contribution in [2.24, 2.45) is 0 Å². The van der Waals surface area contributed by atoms with Gasteiger partial charge in [0, 0.05) is 43.4 Å². The van der Waals surface area contributed by atoms with Crippen LogP contribution in [0.25, 0.3) is 10.9 Å². The minimum absolute atomic E-state index is 0.547. The van der Waals surface area contributed by atoms with Crippen molar-refractivity contribution in [3.05, 3.63) is 36.5 Å². The summed E-state index contributed by atoms with van der Waals surface area (Å²) in [6.45, 7) is 4.35. The third-order valence-corrected chi connectivity index (χ3v) is 3.67. The van der Waals surface area contributed by atoms with Crippen LogP contribution in [0.1, 0.15) is 0 Å². The Labute approximate surface area is 112 Å². The zero-order valence-corrected chi connectivity index (χ0v) is 10.8. The number of anilines is 1. The molecule has 3 rings (SSSR count). The molecule has 0 atom stereocenters. The Morgan fingerprint density at radius 3 is 2.74 bits per heavy atom. The Bertz CT molecular complexity index is 571. The molecule has 1 aliphatic heterocycles. The summed E-state index contributed by atoms with van der Waals surface area (Å²) in [5, 5.41) is 1.20. The monoisotopic (exact) mass is 255 g/mol. The first-order valence-corrected chi connectivity index (χ1v) is 6.63. The molecule has 1 fully saturated rings. The van der Waals surface area contributed by atoms with Crippen molar-refractivity contribution in [3.8, 4) is 0 Å². The summed E-state index contributed by atoms with van der Waals surface area (Å²) in [4.78, 5) is 19.5. The molecule has 2 aromatic rings. The van der Waals surface area contributed by atoms with Gasteiger partial charge in [0.15, 0.2) is 0 Å². The molecule has 0 bridgehead atoms. The van der Waals surface area contributed by atoms with Gasteiger partial charge in [0.25, 0.3) is 0 Å². The topological polar surface area (TPSA) is 36.4 Å². The molecule has 0 aliphatic carbocycles. The van der Waals surface area contributed by atoms with Crippen LogP contribution >= 0.6 is 0 Å².